The van der Waals surface area contributed by atoms with Gasteiger partial charge in [0.15, 0.2) is 5.78 Å². The molecule has 0 spiro atoms. The number of alkyl halides is 4. The Bertz CT molecular complexity index is 2160. The van der Waals surface area contributed by atoms with Crippen molar-refractivity contribution in [2.24, 2.45) is 29.1 Å². The number of hydrogen-bond acceptors (Lipinski definition) is 12. The van der Waals surface area contributed by atoms with Gasteiger partial charge >= 0.3 is 12.1 Å². The summed E-state index contributed by atoms with van der Waals surface area (Å²) < 4.78 is 105. The molecule has 3 heterocycles. The first kappa shape index (κ1) is 46.1. The van der Waals surface area contributed by atoms with Crippen LogP contribution in [0.2, 0.25) is 0 Å². The van der Waals surface area contributed by atoms with Gasteiger partial charge in [-0.1, -0.05) is 19.1 Å². The van der Waals surface area contributed by atoms with Gasteiger partial charge in [-0.15, -0.1) is 0 Å². The molecule has 2 aliphatic heterocycles. The molecule has 1 aromatic carbocycles. The van der Waals surface area contributed by atoms with Crippen molar-refractivity contribution in [3.63, 3.8) is 0 Å². The predicted molar refractivity (Wildman–Crippen MR) is 212 cm³/mol. The lowest BCUT2D eigenvalue weighted by Gasteiger charge is -2.34. The summed E-state index contributed by atoms with van der Waals surface area (Å²) in [6.45, 7) is 3.56. The Morgan fingerprint density at radius 2 is 1.79 bits per heavy atom. The Hall–Kier alpha value is -4.39. The normalized spacial score (nSPS) is 28.8. The van der Waals surface area contributed by atoms with Crippen LogP contribution in [0.4, 0.5) is 17.6 Å². The van der Waals surface area contributed by atoms with Crippen LogP contribution in [0.15, 0.2) is 30.4 Å². The molecule has 6 rings (SSSR count). The maximum atomic E-state index is 15.0. The quantitative estimate of drug-likeness (QED) is 0.156. The molecule has 61 heavy (non-hydrogen) atoms. The van der Waals surface area contributed by atoms with Gasteiger partial charge in [-0.25, -0.2) is 22.8 Å². The van der Waals surface area contributed by atoms with Crippen molar-refractivity contribution in [1.82, 2.24) is 19.6 Å². The number of amides is 2. The van der Waals surface area contributed by atoms with Gasteiger partial charge in [-0.3, -0.25) is 23.9 Å². The number of aromatic nitrogens is 2. The number of carbonyl (C=O) groups excluding carboxylic acids is 4. The Morgan fingerprint density at radius 3 is 2.43 bits per heavy atom. The minimum Gasteiger partial charge on any atom is -0.497 e. The van der Waals surface area contributed by atoms with E-state index in [2.05, 4.69) is 14.7 Å². The third-order valence-electron chi connectivity index (χ3n) is 12.7. The highest BCUT2D eigenvalue weighted by Crippen LogP contribution is 2.58. The van der Waals surface area contributed by atoms with E-state index in [4.69, 9.17) is 18.9 Å². The zero-order valence-electron chi connectivity index (χ0n) is 35.2. The Morgan fingerprint density at radius 1 is 1.07 bits per heavy atom. The number of halogens is 4. The van der Waals surface area contributed by atoms with Gasteiger partial charge in [-0.05, 0) is 89.2 Å². The Kier molecular flexibility index (Phi) is 13.2. The molecule has 0 radical (unpaired) electrons. The first-order chi connectivity index (χ1) is 28.6. The molecule has 7 atom stereocenters. The number of fused-ring (bicyclic) bond motifs is 3. The lowest BCUT2D eigenvalue weighted by molar-refractivity contribution is -0.257. The molecule has 0 bridgehead atoms. The van der Waals surface area contributed by atoms with Gasteiger partial charge in [0, 0.05) is 32.6 Å². The van der Waals surface area contributed by atoms with E-state index in [1.54, 1.807) is 31.2 Å². The van der Waals surface area contributed by atoms with Crippen molar-refractivity contribution in [2.45, 2.75) is 114 Å². The summed E-state index contributed by atoms with van der Waals surface area (Å²) in [6.07, 6.45) is -1.97. The van der Waals surface area contributed by atoms with E-state index in [9.17, 15) is 40.4 Å². The number of aryl methyl sites for hydroxylation is 1. The van der Waals surface area contributed by atoms with Gasteiger partial charge in [0.05, 0.1) is 48.5 Å². The van der Waals surface area contributed by atoms with Crippen molar-refractivity contribution in [1.29, 1.82) is 0 Å². The van der Waals surface area contributed by atoms with Crippen molar-refractivity contribution < 1.29 is 64.1 Å². The van der Waals surface area contributed by atoms with Crippen LogP contribution in [0.25, 0.3) is 11.0 Å². The lowest BCUT2D eigenvalue weighted by atomic mass is 9.81. The minimum absolute atomic E-state index is 0.0428. The molecular formula is C42H54F4N4O10S. The molecule has 336 valence electrons. The number of benzene rings is 1. The van der Waals surface area contributed by atoms with E-state index in [1.165, 1.54) is 19.1 Å². The van der Waals surface area contributed by atoms with E-state index in [-0.39, 0.29) is 50.6 Å². The number of hydrogen-bond donors (Lipinski definition) is 1. The summed E-state index contributed by atoms with van der Waals surface area (Å²) >= 11 is 0. The summed E-state index contributed by atoms with van der Waals surface area (Å²) in [6, 6.07) is 3.82. The maximum absolute atomic E-state index is 15.0. The monoisotopic (exact) mass is 882 g/mol. The van der Waals surface area contributed by atoms with Gasteiger partial charge < -0.3 is 23.8 Å². The van der Waals surface area contributed by atoms with Crippen molar-refractivity contribution in [3.05, 3.63) is 36.0 Å². The van der Waals surface area contributed by atoms with Gasteiger partial charge in [0.25, 0.3) is 0 Å². The standard InChI is InChI=1S/C42H54F4N4O10S/c1-24-9-7-8-10-27-19-41(27,38(54)49-61(55,56)40(23-43)13-14-40)20-34(51)33-17-29(59-36-25(2)47-31-12-11-28(58-6)16-32(31)48-36)21-50(33)37(53)30(26(15-24)22-57-5)18-35(52)60-39(3,4)42(44,45)46/h8,10-12,16,24,26-27,29-30,33H,7,9,13-15,17-23H2,1-6H3,(H,49,54)/b10-8-/t24-,26+,27-,29-,30+,33+,41-/m1/s1. The first-order valence-corrected chi connectivity index (χ1v) is 22.0. The zero-order valence-corrected chi connectivity index (χ0v) is 36.0. The van der Waals surface area contributed by atoms with Gasteiger partial charge in [-0.2, -0.15) is 13.2 Å². The number of ether oxygens (including phenoxy) is 4. The fourth-order valence-electron chi connectivity index (χ4n) is 8.51. The lowest BCUT2D eigenvalue weighted by Crippen LogP contribution is -2.49. The van der Waals surface area contributed by atoms with Crippen LogP contribution in [0.1, 0.15) is 84.3 Å². The van der Waals surface area contributed by atoms with Crippen molar-refractivity contribution in [2.75, 3.05) is 34.0 Å². The fourth-order valence-corrected chi connectivity index (χ4v) is 9.96. The van der Waals surface area contributed by atoms with Crippen LogP contribution in [-0.2, 0) is 38.7 Å². The van der Waals surface area contributed by atoms with E-state index < -0.39 is 105 Å². The van der Waals surface area contributed by atoms with Crippen LogP contribution in [0.5, 0.6) is 11.6 Å². The number of nitrogens with zero attached hydrogens (tertiary/aromatic N) is 3. The molecule has 4 aliphatic rings. The number of ketones is 1. The number of carbonyl (C=O) groups is 4. The van der Waals surface area contributed by atoms with Crippen LogP contribution in [0, 0.1) is 36.0 Å². The highest BCUT2D eigenvalue weighted by atomic mass is 32.2. The largest absolute Gasteiger partial charge is 0.497 e. The molecular weight excluding hydrogens is 829 g/mol. The summed E-state index contributed by atoms with van der Waals surface area (Å²) in [5.41, 5.74) is -3.02. The molecule has 3 fully saturated rings. The molecule has 1 aromatic heterocycles. The number of allylic oxidation sites excluding steroid dienone is 2. The number of rotatable bonds is 12. The average Bonchev–Trinajstić information content (AvgIpc) is 4.09. The second-order valence-electron chi connectivity index (χ2n) is 17.7. The van der Waals surface area contributed by atoms with Crippen LogP contribution in [0.3, 0.4) is 0 Å². The Balaban J connectivity index is 1.38. The molecule has 2 saturated carbocycles. The van der Waals surface area contributed by atoms with Crippen LogP contribution >= 0.6 is 0 Å². The summed E-state index contributed by atoms with van der Waals surface area (Å²) in [4.78, 5) is 67.6. The Labute approximate surface area is 352 Å². The topological polar surface area (TPSA) is 180 Å². The summed E-state index contributed by atoms with van der Waals surface area (Å²) in [5, 5.41) is 0. The predicted octanol–water partition coefficient (Wildman–Crippen LogP) is 5.74. The van der Waals surface area contributed by atoms with E-state index in [0.717, 1.165) is 0 Å². The average molecular weight is 883 g/mol. The fraction of sp³-hybridized carbons (Fsp3) is 0.667. The molecule has 1 N–H and O–H groups in total. The minimum atomic E-state index is -4.91. The highest BCUT2D eigenvalue weighted by molar-refractivity contribution is 7.91. The number of methoxy groups -OCH3 is 2. The highest BCUT2D eigenvalue weighted by Gasteiger charge is 2.63. The molecule has 2 aliphatic carbocycles. The van der Waals surface area contributed by atoms with Gasteiger partial charge in [0.2, 0.25) is 33.3 Å². The molecule has 1 saturated heterocycles. The summed E-state index contributed by atoms with van der Waals surface area (Å²) in [5.74, 6) is -5.59. The maximum Gasteiger partial charge on any atom is 0.427 e. The van der Waals surface area contributed by atoms with Crippen molar-refractivity contribution in [3.8, 4) is 11.6 Å². The van der Waals surface area contributed by atoms with E-state index in [1.807, 2.05) is 13.0 Å². The third kappa shape index (κ3) is 9.66. The second kappa shape index (κ2) is 17.4. The van der Waals surface area contributed by atoms with Crippen molar-refractivity contribution >= 4 is 44.6 Å². The number of esters is 1. The number of nitrogens with one attached hydrogen (secondary N) is 1. The second-order valence-corrected chi connectivity index (χ2v) is 19.7. The van der Waals surface area contributed by atoms with Crippen LogP contribution < -0.4 is 14.2 Å². The zero-order chi connectivity index (χ0) is 44.7. The molecule has 0 unspecified atom stereocenters. The van der Waals surface area contributed by atoms with Gasteiger partial charge in [0.1, 0.15) is 29.0 Å². The first-order valence-electron chi connectivity index (χ1n) is 20.5. The van der Waals surface area contributed by atoms with Crippen LogP contribution in [-0.4, -0.2) is 110 Å². The number of Topliss-reactive ketones (excluding diaryl/α,β-unsaturated/α-hetero) is 1. The number of sulfonamides is 1. The molecule has 2 amide bonds. The van der Waals surface area contributed by atoms with E-state index in [0.29, 0.717) is 55.6 Å². The molecule has 2 aromatic rings. The smallest absolute Gasteiger partial charge is 0.427 e. The summed E-state index contributed by atoms with van der Waals surface area (Å²) in [7, 11) is -1.54. The molecule has 19 heteroatoms. The van der Waals surface area contributed by atoms with E-state index >= 15 is 4.79 Å². The molecule has 14 nitrogen and oxygen atoms in total. The SMILES string of the molecule is COC[C@@H]1C[C@H](C)CC/C=C\[C@@H]2C[C@@]2(C(=O)NS(=O)(=O)C2(CF)CC2)CC(=O)[C@@H]2C[C@@H](Oc3nc4cc(OC)ccc4nc3C)CN2C(=O)[C@H]1CC(=O)OC(C)(C)C(F)(F)F. The third-order valence-corrected chi connectivity index (χ3v) is 14.8.